The summed E-state index contributed by atoms with van der Waals surface area (Å²) in [5.41, 5.74) is 22.2. The van der Waals surface area contributed by atoms with E-state index in [1.165, 1.54) is 95.0 Å². The van der Waals surface area contributed by atoms with Crippen LogP contribution in [0.5, 0.6) is 0 Å². The summed E-state index contributed by atoms with van der Waals surface area (Å²) in [4.78, 5) is 2.58. The minimum atomic E-state index is -0.417. The predicted octanol–water partition coefficient (Wildman–Crippen LogP) is 13.3. The van der Waals surface area contributed by atoms with E-state index in [1.807, 2.05) is 0 Å². The van der Waals surface area contributed by atoms with Gasteiger partial charge in [0, 0.05) is 22.5 Å². The van der Waals surface area contributed by atoms with E-state index in [2.05, 4.69) is 195 Å². The molecule has 0 amide bonds. The van der Waals surface area contributed by atoms with E-state index in [0.717, 1.165) is 12.8 Å². The molecule has 0 heterocycles. The van der Waals surface area contributed by atoms with Gasteiger partial charge < -0.3 is 4.90 Å². The van der Waals surface area contributed by atoms with E-state index in [4.69, 9.17) is 0 Å². The molecular formula is C52H39N. The van der Waals surface area contributed by atoms with Crippen molar-refractivity contribution in [2.24, 2.45) is 0 Å². The van der Waals surface area contributed by atoms with Crippen molar-refractivity contribution in [2.75, 3.05) is 4.90 Å². The van der Waals surface area contributed by atoms with Gasteiger partial charge in [0.15, 0.2) is 0 Å². The average Bonchev–Trinajstić information content (AvgIpc) is 3.78. The Bertz CT molecular complexity index is 2640. The third-order valence-corrected chi connectivity index (χ3v) is 12.6. The molecule has 0 fully saturated rings. The number of nitrogens with zero attached hydrogens (tertiary/aromatic N) is 1. The molecular weight excluding hydrogens is 639 g/mol. The quantitative estimate of drug-likeness (QED) is 0.179. The summed E-state index contributed by atoms with van der Waals surface area (Å²) >= 11 is 0. The lowest BCUT2D eigenvalue weighted by Gasteiger charge is -2.39. The highest BCUT2D eigenvalue weighted by molar-refractivity contribution is 5.98. The number of benzene rings is 7. The van der Waals surface area contributed by atoms with Gasteiger partial charge in [0.25, 0.3) is 0 Å². The predicted molar refractivity (Wildman–Crippen MR) is 220 cm³/mol. The second kappa shape index (κ2) is 11.2. The van der Waals surface area contributed by atoms with E-state index in [0.29, 0.717) is 0 Å². The second-order valence-electron chi connectivity index (χ2n) is 15.5. The summed E-state index contributed by atoms with van der Waals surface area (Å²) < 4.78 is 0. The van der Waals surface area contributed by atoms with Gasteiger partial charge in [0.1, 0.15) is 0 Å². The molecule has 11 rings (SSSR count). The Balaban J connectivity index is 1.17. The normalized spacial score (nSPS) is 16.3. The summed E-state index contributed by atoms with van der Waals surface area (Å²) in [5.74, 6) is 0. The minimum absolute atomic E-state index is 0.107. The molecule has 7 aromatic rings. The Hall–Kier alpha value is -6.18. The molecule has 4 aliphatic rings. The highest BCUT2D eigenvalue weighted by Crippen LogP contribution is 2.65. The standard InChI is InChI=1S/C52H39N/c1-51(2)44-22-10-6-17-38(44)42-32-31-37(33-48(42)51)53(36-29-27-35(28-30-36)34-15-4-3-5-16-34)49-26-14-21-43-41-20-9-13-25-47(41)52(50(43)49)45-23-11-7-18-39(45)40-19-8-12-24-46(40)52/h3-13,15-20,22-33H,14,21H2,1-2H3. The zero-order valence-corrected chi connectivity index (χ0v) is 30.1. The van der Waals surface area contributed by atoms with E-state index in [9.17, 15) is 0 Å². The number of hydrogen-bond donors (Lipinski definition) is 0. The molecule has 0 saturated carbocycles. The Morgan fingerprint density at radius 2 is 0.925 bits per heavy atom. The van der Waals surface area contributed by atoms with Crippen LogP contribution in [0.4, 0.5) is 11.4 Å². The van der Waals surface area contributed by atoms with Crippen LogP contribution < -0.4 is 4.90 Å². The average molecular weight is 678 g/mol. The minimum Gasteiger partial charge on any atom is -0.310 e. The molecule has 0 unspecified atom stereocenters. The van der Waals surface area contributed by atoms with Crippen molar-refractivity contribution >= 4 is 16.9 Å². The van der Waals surface area contributed by atoms with Crippen molar-refractivity contribution in [3.05, 3.63) is 221 Å². The van der Waals surface area contributed by atoms with Crippen molar-refractivity contribution < 1.29 is 0 Å². The maximum absolute atomic E-state index is 2.58. The first kappa shape index (κ1) is 30.4. The number of allylic oxidation sites excluding steroid dienone is 3. The molecule has 4 aliphatic carbocycles. The van der Waals surface area contributed by atoms with Crippen LogP contribution in [0.25, 0.3) is 39.0 Å². The van der Waals surface area contributed by atoms with Crippen molar-refractivity contribution in [1.29, 1.82) is 0 Å². The molecule has 0 bridgehead atoms. The maximum Gasteiger partial charge on any atom is 0.0742 e. The Morgan fingerprint density at radius 3 is 1.58 bits per heavy atom. The molecule has 0 aliphatic heterocycles. The first-order chi connectivity index (χ1) is 26.1. The Morgan fingerprint density at radius 1 is 0.434 bits per heavy atom. The fourth-order valence-electron chi connectivity index (χ4n) is 10.3. The van der Waals surface area contributed by atoms with Crippen LogP contribution in [-0.2, 0) is 10.8 Å². The van der Waals surface area contributed by atoms with Crippen molar-refractivity contribution in [2.45, 2.75) is 37.5 Å². The Labute approximate surface area is 312 Å². The van der Waals surface area contributed by atoms with E-state index >= 15 is 0 Å². The zero-order valence-electron chi connectivity index (χ0n) is 30.1. The summed E-state index contributed by atoms with van der Waals surface area (Å²) in [6, 6.07) is 63.7. The van der Waals surface area contributed by atoms with E-state index in [-0.39, 0.29) is 5.41 Å². The van der Waals surface area contributed by atoms with Gasteiger partial charge in [-0.3, -0.25) is 0 Å². The first-order valence-electron chi connectivity index (χ1n) is 19.0. The first-order valence-corrected chi connectivity index (χ1v) is 19.0. The molecule has 1 spiro atoms. The Kier molecular flexibility index (Phi) is 6.41. The molecule has 0 radical (unpaired) electrons. The zero-order chi connectivity index (χ0) is 35.3. The van der Waals surface area contributed by atoms with Crippen LogP contribution in [0, 0.1) is 0 Å². The lowest BCUT2D eigenvalue weighted by molar-refractivity contribution is 0.660. The highest BCUT2D eigenvalue weighted by Gasteiger charge is 2.55. The lowest BCUT2D eigenvalue weighted by atomic mass is 9.68. The van der Waals surface area contributed by atoms with Crippen LogP contribution in [0.1, 0.15) is 60.1 Å². The van der Waals surface area contributed by atoms with Gasteiger partial charge in [0.2, 0.25) is 0 Å². The van der Waals surface area contributed by atoms with Crippen molar-refractivity contribution in [3.63, 3.8) is 0 Å². The second-order valence-corrected chi connectivity index (χ2v) is 15.5. The third kappa shape index (κ3) is 4.08. The molecule has 0 aromatic heterocycles. The van der Waals surface area contributed by atoms with Crippen molar-refractivity contribution in [1.82, 2.24) is 0 Å². The van der Waals surface area contributed by atoms with Gasteiger partial charge in [-0.05, 0) is 115 Å². The molecule has 1 nitrogen and oxygen atoms in total. The number of hydrogen-bond acceptors (Lipinski definition) is 1. The summed E-state index contributed by atoms with van der Waals surface area (Å²) in [7, 11) is 0. The van der Waals surface area contributed by atoms with Crippen molar-refractivity contribution in [3.8, 4) is 33.4 Å². The summed E-state index contributed by atoms with van der Waals surface area (Å²) in [5, 5.41) is 0. The van der Waals surface area contributed by atoms with Crippen LogP contribution >= 0.6 is 0 Å². The molecule has 0 N–H and O–H groups in total. The van der Waals surface area contributed by atoms with E-state index in [1.54, 1.807) is 0 Å². The smallest absolute Gasteiger partial charge is 0.0742 e. The molecule has 53 heavy (non-hydrogen) atoms. The fourth-order valence-corrected chi connectivity index (χ4v) is 10.3. The molecule has 252 valence electrons. The molecule has 0 atom stereocenters. The van der Waals surface area contributed by atoms with Gasteiger partial charge in [-0.15, -0.1) is 0 Å². The topological polar surface area (TPSA) is 3.24 Å². The number of anilines is 2. The summed E-state index contributed by atoms with van der Waals surface area (Å²) in [6.07, 6.45) is 4.55. The van der Waals surface area contributed by atoms with Crippen LogP contribution in [-0.4, -0.2) is 0 Å². The van der Waals surface area contributed by atoms with Gasteiger partial charge >= 0.3 is 0 Å². The summed E-state index contributed by atoms with van der Waals surface area (Å²) in [6.45, 7) is 4.77. The van der Waals surface area contributed by atoms with Crippen LogP contribution in [0.15, 0.2) is 187 Å². The monoisotopic (exact) mass is 677 g/mol. The van der Waals surface area contributed by atoms with E-state index < -0.39 is 5.41 Å². The lowest BCUT2D eigenvalue weighted by Crippen LogP contribution is -2.33. The highest BCUT2D eigenvalue weighted by atomic mass is 15.2. The number of rotatable bonds is 4. The van der Waals surface area contributed by atoms with Crippen LogP contribution in [0.3, 0.4) is 0 Å². The molecule has 0 saturated heterocycles. The number of fused-ring (bicyclic) bond motifs is 12. The molecule has 1 heteroatoms. The van der Waals surface area contributed by atoms with Gasteiger partial charge in [-0.25, -0.2) is 0 Å². The third-order valence-electron chi connectivity index (χ3n) is 12.6. The molecule has 7 aromatic carbocycles. The van der Waals surface area contributed by atoms with Crippen LogP contribution in [0.2, 0.25) is 0 Å². The van der Waals surface area contributed by atoms with Gasteiger partial charge in [0.05, 0.1) is 5.41 Å². The van der Waals surface area contributed by atoms with Gasteiger partial charge in [-0.1, -0.05) is 166 Å². The fraction of sp³-hybridized carbons (Fsp3) is 0.115. The van der Waals surface area contributed by atoms with Gasteiger partial charge in [-0.2, -0.15) is 0 Å². The largest absolute Gasteiger partial charge is 0.310 e. The SMILES string of the molecule is CC1(C)c2ccccc2-c2ccc(N(C3=CCCC4=C3C3(c5ccccc54)c4ccccc4-c4ccccc43)c3ccc(-c4ccccc4)cc3)cc21. The maximum atomic E-state index is 2.58.